The van der Waals surface area contributed by atoms with Crippen molar-refractivity contribution in [3.8, 4) is 6.07 Å². The highest BCUT2D eigenvalue weighted by molar-refractivity contribution is 4.92. The Morgan fingerprint density at radius 2 is 2.00 bits per heavy atom. The van der Waals surface area contributed by atoms with Gasteiger partial charge in [-0.25, -0.2) is 0 Å². The summed E-state index contributed by atoms with van der Waals surface area (Å²) in [5.41, 5.74) is 1.39. The summed E-state index contributed by atoms with van der Waals surface area (Å²) in [5.74, 6) is 0.673. The van der Waals surface area contributed by atoms with E-state index in [4.69, 9.17) is 10.00 Å². The summed E-state index contributed by atoms with van der Waals surface area (Å²) >= 11 is 0. The molecule has 0 N–H and O–H groups in total. The molecule has 0 aromatic heterocycles. The molecule has 15 heavy (non-hydrogen) atoms. The van der Waals surface area contributed by atoms with Gasteiger partial charge < -0.3 is 4.74 Å². The van der Waals surface area contributed by atoms with Crippen LogP contribution in [0.3, 0.4) is 0 Å². The minimum absolute atomic E-state index is 0.269. The van der Waals surface area contributed by atoms with Crippen LogP contribution >= 0.6 is 0 Å². The maximum atomic E-state index is 8.52. The summed E-state index contributed by atoms with van der Waals surface area (Å²) in [6, 6.07) is 2.07. The molecule has 0 aromatic rings. The topological polar surface area (TPSA) is 33.0 Å². The Morgan fingerprint density at radius 3 is 2.53 bits per heavy atom. The van der Waals surface area contributed by atoms with Gasteiger partial charge in [-0.3, -0.25) is 0 Å². The molecule has 0 heterocycles. The summed E-state index contributed by atoms with van der Waals surface area (Å²) in [5, 5.41) is 8.52. The number of nitriles is 1. The van der Waals surface area contributed by atoms with Crippen LogP contribution in [-0.4, -0.2) is 12.7 Å². The molecule has 0 spiro atoms. The van der Waals surface area contributed by atoms with Crippen molar-refractivity contribution in [2.75, 3.05) is 6.61 Å². The van der Waals surface area contributed by atoms with E-state index in [1.807, 2.05) is 0 Å². The maximum absolute atomic E-state index is 8.52. The molecule has 86 valence electrons. The number of hydrogen-bond donors (Lipinski definition) is 0. The molecule has 2 unspecified atom stereocenters. The van der Waals surface area contributed by atoms with Gasteiger partial charge in [0.1, 0.15) is 6.10 Å². The predicted molar refractivity (Wildman–Crippen MR) is 63.5 cm³/mol. The normalized spacial score (nSPS) is 14.1. The van der Waals surface area contributed by atoms with Crippen LogP contribution in [0.1, 0.15) is 47.0 Å². The summed E-state index contributed by atoms with van der Waals surface area (Å²) in [7, 11) is 0. The third-order valence-corrected chi connectivity index (χ3v) is 2.37. The van der Waals surface area contributed by atoms with Crippen molar-refractivity contribution < 1.29 is 4.74 Å². The first-order valence-electron chi connectivity index (χ1n) is 5.70. The molecular weight excluding hydrogens is 186 g/mol. The highest BCUT2D eigenvalue weighted by Crippen LogP contribution is 2.12. The number of allylic oxidation sites excluding steroid dienone is 2. The van der Waals surface area contributed by atoms with Crippen molar-refractivity contribution in [2.24, 2.45) is 5.92 Å². The molecule has 2 nitrogen and oxygen atoms in total. The van der Waals surface area contributed by atoms with Gasteiger partial charge in [-0.05, 0) is 46.0 Å². The summed E-state index contributed by atoms with van der Waals surface area (Å²) in [4.78, 5) is 0. The zero-order valence-electron chi connectivity index (χ0n) is 10.4. The van der Waals surface area contributed by atoms with Gasteiger partial charge in [0, 0.05) is 6.61 Å². The lowest BCUT2D eigenvalue weighted by atomic mass is 10.0. The Morgan fingerprint density at radius 1 is 1.33 bits per heavy atom. The summed E-state index contributed by atoms with van der Waals surface area (Å²) in [6.07, 6.45) is 5.40. The minimum Gasteiger partial charge on any atom is -0.364 e. The van der Waals surface area contributed by atoms with E-state index in [2.05, 4.69) is 32.9 Å². The Hall–Kier alpha value is -0.810. The third kappa shape index (κ3) is 9.49. The molecular formula is C13H23NO. The molecule has 0 aliphatic rings. The molecule has 2 heteroatoms. The van der Waals surface area contributed by atoms with Crippen LogP contribution in [0.25, 0.3) is 0 Å². The first kappa shape index (κ1) is 14.2. The standard InChI is InChI=1S/C13H23NO/c1-11(2)6-5-7-12(3)8-9-15-13(4)10-14/h6,12-13H,5,7-9H2,1-4H3. The van der Waals surface area contributed by atoms with Crippen LogP contribution in [0, 0.1) is 17.2 Å². The lowest BCUT2D eigenvalue weighted by Gasteiger charge is -2.11. The van der Waals surface area contributed by atoms with Crippen LogP contribution in [0.15, 0.2) is 11.6 Å². The molecule has 0 radical (unpaired) electrons. The van der Waals surface area contributed by atoms with Crippen LogP contribution in [0.5, 0.6) is 0 Å². The summed E-state index contributed by atoms with van der Waals surface area (Å²) in [6.45, 7) is 8.97. The molecule has 0 fully saturated rings. The van der Waals surface area contributed by atoms with Gasteiger partial charge in [-0.1, -0.05) is 18.6 Å². The van der Waals surface area contributed by atoms with E-state index in [0.29, 0.717) is 12.5 Å². The van der Waals surface area contributed by atoms with Crippen molar-refractivity contribution in [1.82, 2.24) is 0 Å². The van der Waals surface area contributed by atoms with Gasteiger partial charge in [0.15, 0.2) is 0 Å². The van der Waals surface area contributed by atoms with E-state index in [1.54, 1.807) is 6.92 Å². The first-order valence-corrected chi connectivity index (χ1v) is 5.70. The SMILES string of the molecule is CC(C)=CCCC(C)CCOC(C)C#N. The van der Waals surface area contributed by atoms with Crippen molar-refractivity contribution in [3.05, 3.63) is 11.6 Å². The molecule has 0 amide bonds. The molecule has 0 bridgehead atoms. The molecule has 2 atom stereocenters. The van der Waals surface area contributed by atoms with Crippen molar-refractivity contribution >= 4 is 0 Å². The lowest BCUT2D eigenvalue weighted by molar-refractivity contribution is 0.0909. The second-order valence-corrected chi connectivity index (χ2v) is 4.39. The van der Waals surface area contributed by atoms with Crippen LogP contribution < -0.4 is 0 Å². The highest BCUT2D eigenvalue weighted by atomic mass is 16.5. The van der Waals surface area contributed by atoms with Crippen LogP contribution in [-0.2, 0) is 4.74 Å². The van der Waals surface area contributed by atoms with Crippen LogP contribution in [0.2, 0.25) is 0 Å². The van der Waals surface area contributed by atoms with Gasteiger partial charge in [0.05, 0.1) is 6.07 Å². The van der Waals surface area contributed by atoms with Gasteiger partial charge in [0.2, 0.25) is 0 Å². The number of ether oxygens (including phenoxy) is 1. The molecule has 0 saturated carbocycles. The van der Waals surface area contributed by atoms with Crippen LogP contribution in [0.4, 0.5) is 0 Å². The molecule has 0 saturated heterocycles. The number of nitrogens with zero attached hydrogens (tertiary/aromatic N) is 1. The van der Waals surface area contributed by atoms with Crippen molar-refractivity contribution in [1.29, 1.82) is 5.26 Å². The van der Waals surface area contributed by atoms with E-state index < -0.39 is 0 Å². The number of rotatable bonds is 7. The predicted octanol–water partition coefficient (Wildman–Crippen LogP) is 3.69. The van der Waals surface area contributed by atoms with Gasteiger partial charge in [0.25, 0.3) is 0 Å². The second kappa shape index (κ2) is 8.49. The summed E-state index contributed by atoms with van der Waals surface area (Å²) < 4.78 is 5.31. The Balaban J connectivity index is 3.46. The lowest BCUT2D eigenvalue weighted by Crippen LogP contribution is -2.08. The van der Waals surface area contributed by atoms with E-state index in [-0.39, 0.29) is 6.10 Å². The minimum atomic E-state index is -0.269. The van der Waals surface area contributed by atoms with Gasteiger partial charge in [-0.15, -0.1) is 0 Å². The molecule has 0 rings (SSSR count). The molecule has 0 aliphatic heterocycles. The average Bonchev–Trinajstić information content (AvgIpc) is 2.17. The monoisotopic (exact) mass is 209 g/mol. The largest absolute Gasteiger partial charge is 0.364 e. The van der Waals surface area contributed by atoms with E-state index in [9.17, 15) is 0 Å². The zero-order valence-corrected chi connectivity index (χ0v) is 10.4. The van der Waals surface area contributed by atoms with E-state index >= 15 is 0 Å². The van der Waals surface area contributed by atoms with Gasteiger partial charge >= 0.3 is 0 Å². The maximum Gasteiger partial charge on any atom is 0.141 e. The third-order valence-electron chi connectivity index (χ3n) is 2.37. The molecule has 0 aliphatic carbocycles. The second-order valence-electron chi connectivity index (χ2n) is 4.39. The van der Waals surface area contributed by atoms with E-state index in [1.165, 1.54) is 12.0 Å². The van der Waals surface area contributed by atoms with Crippen molar-refractivity contribution in [3.63, 3.8) is 0 Å². The Kier molecular flexibility index (Phi) is 8.04. The fourth-order valence-electron chi connectivity index (χ4n) is 1.28. The van der Waals surface area contributed by atoms with Gasteiger partial charge in [-0.2, -0.15) is 5.26 Å². The highest BCUT2D eigenvalue weighted by Gasteiger charge is 2.03. The molecule has 0 aromatic carbocycles. The fourth-order valence-corrected chi connectivity index (χ4v) is 1.28. The van der Waals surface area contributed by atoms with E-state index in [0.717, 1.165) is 12.8 Å². The first-order chi connectivity index (χ1) is 7.06. The number of hydrogen-bond acceptors (Lipinski definition) is 2. The smallest absolute Gasteiger partial charge is 0.141 e. The fraction of sp³-hybridized carbons (Fsp3) is 0.769. The Bertz CT molecular complexity index is 223. The zero-order chi connectivity index (χ0) is 11.7. The Labute approximate surface area is 93.9 Å². The average molecular weight is 209 g/mol. The van der Waals surface area contributed by atoms with Crippen molar-refractivity contribution in [2.45, 2.75) is 53.1 Å². The quantitative estimate of drug-likeness (QED) is 0.599.